The number of esters is 2. The second-order valence-electron chi connectivity index (χ2n) is 12.7. The molecular formula is C29H42O5. The molecule has 0 heterocycles. The Labute approximate surface area is 204 Å². The number of ether oxygens (including phenoxy) is 2. The van der Waals surface area contributed by atoms with E-state index in [0.29, 0.717) is 17.8 Å². The highest BCUT2D eigenvalue weighted by atomic mass is 16.6. The molecule has 5 heteroatoms. The van der Waals surface area contributed by atoms with Crippen molar-refractivity contribution >= 4 is 17.7 Å². The van der Waals surface area contributed by atoms with E-state index in [9.17, 15) is 14.4 Å². The van der Waals surface area contributed by atoms with Crippen LogP contribution in [0.15, 0.2) is 23.8 Å². The second kappa shape index (κ2) is 8.95. The number of allylic oxidation sites excluding steroid dienone is 2. The Hall–Kier alpha value is -1.91. The molecule has 0 radical (unpaired) electrons. The molecule has 0 amide bonds. The third kappa shape index (κ3) is 4.64. The van der Waals surface area contributed by atoms with Crippen LogP contribution in [0.5, 0.6) is 0 Å². The fourth-order valence-electron chi connectivity index (χ4n) is 8.03. The second-order valence-corrected chi connectivity index (χ2v) is 12.7. The fourth-order valence-corrected chi connectivity index (χ4v) is 8.03. The lowest BCUT2D eigenvalue weighted by atomic mass is 9.47. The Balaban J connectivity index is 1.47. The van der Waals surface area contributed by atoms with Gasteiger partial charge in [-0.1, -0.05) is 25.5 Å². The van der Waals surface area contributed by atoms with E-state index in [0.717, 1.165) is 51.4 Å². The number of carbonyl (C=O) groups is 3. The van der Waals surface area contributed by atoms with Gasteiger partial charge in [0.15, 0.2) is 5.78 Å². The summed E-state index contributed by atoms with van der Waals surface area (Å²) in [4.78, 5) is 36.8. The molecular weight excluding hydrogens is 428 g/mol. The van der Waals surface area contributed by atoms with Crippen molar-refractivity contribution in [2.45, 2.75) is 105 Å². The first-order valence-electron chi connectivity index (χ1n) is 13.1. The first-order chi connectivity index (χ1) is 15.8. The molecule has 5 nitrogen and oxygen atoms in total. The highest BCUT2D eigenvalue weighted by Crippen LogP contribution is 2.66. The minimum Gasteiger partial charge on any atom is -0.462 e. The molecule has 0 aliphatic heterocycles. The SMILES string of the molecule is CC(=O)OC1CCC2(C)C(=CCC3C2CCC2(C)C(C(=O)/C=C/C(=O)OC(C)(C)C)CCC32)C1. The Kier molecular flexibility index (Phi) is 6.63. The van der Waals surface area contributed by atoms with Gasteiger partial charge in [-0.15, -0.1) is 0 Å². The average molecular weight is 471 g/mol. The molecule has 3 saturated carbocycles. The Morgan fingerprint density at radius 1 is 1.00 bits per heavy atom. The predicted octanol–water partition coefficient (Wildman–Crippen LogP) is 5.96. The van der Waals surface area contributed by atoms with Gasteiger partial charge in [0.2, 0.25) is 0 Å². The molecule has 0 aromatic heterocycles. The summed E-state index contributed by atoms with van der Waals surface area (Å²) in [6, 6.07) is 0. The third-order valence-electron chi connectivity index (χ3n) is 9.53. The molecule has 4 rings (SSSR count). The normalized spacial score (nSPS) is 39.5. The summed E-state index contributed by atoms with van der Waals surface area (Å²) in [7, 11) is 0. The van der Waals surface area contributed by atoms with Crippen LogP contribution in [0.4, 0.5) is 0 Å². The van der Waals surface area contributed by atoms with Gasteiger partial charge >= 0.3 is 11.9 Å². The average Bonchev–Trinajstić information content (AvgIpc) is 3.08. The van der Waals surface area contributed by atoms with Crippen molar-refractivity contribution in [3.05, 3.63) is 23.8 Å². The van der Waals surface area contributed by atoms with Crippen LogP contribution in [0.1, 0.15) is 92.9 Å². The summed E-state index contributed by atoms with van der Waals surface area (Å²) >= 11 is 0. The zero-order chi connectivity index (χ0) is 24.9. The van der Waals surface area contributed by atoms with E-state index in [2.05, 4.69) is 19.9 Å². The largest absolute Gasteiger partial charge is 0.462 e. The van der Waals surface area contributed by atoms with Crippen LogP contribution in [0.3, 0.4) is 0 Å². The van der Waals surface area contributed by atoms with Crippen LogP contribution in [-0.4, -0.2) is 29.4 Å². The number of carbonyl (C=O) groups excluding carboxylic acids is 3. The molecule has 0 N–H and O–H groups in total. The van der Waals surface area contributed by atoms with Crippen LogP contribution in [0, 0.1) is 34.5 Å². The lowest BCUT2D eigenvalue weighted by Crippen LogP contribution is -2.51. The van der Waals surface area contributed by atoms with E-state index in [1.54, 1.807) is 0 Å². The van der Waals surface area contributed by atoms with Gasteiger partial charge < -0.3 is 9.47 Å². The van der Waals surface area contributed by atoms with E-state index in [1.165, 1.54) is 24.6 Å². The summed E-state index contributed by atoms with van der Waals surface area (Å²) < 4.78 is 10.9. The lowest BCUT2D eigenvalue weighted by molar-refractivity contribution is -0.149. The van der Waals surface area contributed by atoms with Crippen LogP contribution in [0.2, 0.25) is 0 Å². The maximum Gasteiger partial charge on any atom is 0.331 e. The standard InChI is InChI=1S/C29H42O5/c1-18(30)33-20-13-15-28(5)19(17-20)7-8-21-22-9-10-24(29(22,6)16-14-23(21)28)25(31)11-12-26(32)34-27(2,3)4/h7,11-12,20-24H,8-10,13-17H2,1-6H3/b12-11+. The van der Waals surface area contributed by atoms with Crippen LogP contribution < -0.4 is 0 Å². The summed E-state index contributed by atoms with van der Waals surface area (Å²) in [5.41, 5.74) is 1.10. The highest BCUT2D eigenvalue weighted by molar-refractivity contribution is 5.97. The molecule has 188 valence electrons. The highest BCUT2D eigenvalue weighted by Gasteiger charge is 2.59. The van der Waals surface area contributed by atoms with Gasteiger partial charge in [-0.25, -0.2) is 4.79 Å². The predicted molar refractivity (Wildman–Crippen MR) is 131 cm³/mol. The van der Waals surface area contributed by atoms with Crippen molar-refractivity contribution in [1.82, 2.24) is 0 Å². The topological polar surface area (TPSA) is 69.7 Å². The molecule has 0 bridgehead atoms. The van der Waals surface area contributed by atoms with E-state index in [1.807, 2.05) is 20.8 Å². The molecule has 4 aliphatic carbocycles. The maximum absolute atomic E-state index is 13.2. The summed E-state index contributed by atoms with van der Waals surface area (Å²) in [5, 5.41) is 0. The zero-order valence-electron chi connectivity index (χ0n) is 21.8. The smallest absolute Gasteiger partial charge is 0.331 e. The monoisotopic (exact) mass is 470 g/mol. The minimum absolute atomic E-state index is 0.00678. The Morgan fingerprint density at radius 3 is 2.41 bits per heavy atom. The van der Waals surface area contributed by atoms with E-state index in [4.69, 9.17) is 9.47 Å². The molecule has 34 heavy (non-hydrogen) atoms. The van der Waals surface area contributed by atoms with Crippen molar-refractivity contribution in [3.8, 4) is 0 Å². The van der Waals surface area contributed by atoms with Crippen molar-refractivity contribution in [1.29, 1.82) is 0 Å². The first-order valence-corrected chi connectivity index (χ1v) is 13.1. The molecule has 0 aromatic carbocycles. The molecule has 0 spiro atoms. The third-order valence-corrected chi connectivity index (χ3v) is 9.53. The molecule has 0 aromatic rings. The maximum atomic E-state index is 13.2. The van der Waals surface area contributed by atoms with Gasteiger partial charge in [0, 0.05) is 25.3 Å². The first kappa shape index (κ1) is 25.2. The van der Waals surface area contributed by atoms with Gasteiger partial charge in [-0.05, 0) is 100 Å². The summed E-state index contributed by atoms with van der Waals surface area (Å²) in [6.07, 6.45) is 13.4. The zero-order valence-corrected chi connectivity index (χ0v) is 21.8. The number of hydrogen-bond donors (Lipinski definition) is 0. The Bertz CT molecular complexity index is 908. The number of rotatable bonds is 4. The summed E-state index contributed by atoms with van der Waals surface area (Å²) in [6.45, 7) is 11.7. The Morgan fingerprint density at radius 2 is 1.74 bits per heavy atom. The van der Waals surface area contributed by atoms with E-state index in [-0.39, 0.29) is 34.6 Å². The molecule has 7 unspecified atom stereocenters. The van der Waals surface area contributed by atoms with E-state index >= 15 is 0 Å². The summed E-state index contributed by atoms with van der Waals surface area (Å²) in [5.74, 6) is 1.20. The molecule has 4 aliphatic rings. The van der Waals surface area contributed by atoms with Crippen molar-refractivity contribution in [3.63, 3.8) is 0 Å². The molecule has 0 saturated heterocycles. The van der Waals surface area contributed by atoms with E-state index < -0.39 is 11.6 Å². The molecule has 3 fully saturated rings. The van der Waals surface area contributed by atoms with Crippen LogP contribution in [0.25, 0.3) is 0 Å². The minimum atomic E-state index is -0.561. The van der Waals surface area contributed by atoms with Gasteiger partial charge in [0.1, 0.15) is 11.7 Å². The number of ketones is 1. The fraction of sp³-hybridized carbons (Fsp3) is 0.759. The molecule has 7 atom stereocenters. The van der Waals surface area contributed by atoms with Crippen LogP contribution in [-0.2, 0) is 23.9 Å². The van der Waals surface area contributed by atoms with Crippen molar-refractivity contribution in [2.75, 3.05) is 0 Å². The van der Waals surface area contributed by atoms with Gasteiger partial charge in [0.25, 0.3) is 0 Å². The lowest BCUT2D eigenvalue weighted by Gasteiger charge is -2.58. The van der Waals surface area contributed by atoms with Crippen molar-refractivity contribution < 1.29 is 23.9 Å². The van der Waals surface area contributed by atoms with Crippen molar-refractivity contribution in [2.24, 2.45) is 34.5 Å². The number of hydrogen-bond acceptors (Lipinski definition) is 5. The van der Waals surface area contributed by atoms with Gasteiger partial charge in [0.05, 0.1) is 0 Å². The van der Waals surface area contributed by atoms with Gasteiger partial charge in [-0.2, -0.15) is 0 Å². The van der Waals surface area contributed by atoms with Gasteiger partial charge in [-0.3, -0.25) is 9.59 Å². The van der Waals surface area contributed by atoms with Crippen LogP contribution >= 0.6 is 0 Å². The number of fused-ring (bicyclic) bond motifs is 5. The quantitative estimate of drug-likeness (QED) is 0.288.